The maximum Gasteiger partial charge on any atom is 0.203 e. The summed E-state index contributed by atoms with van der Waals surface area (Å²) in [5.41, 5.74) is 0. The standard InChI is InChI=1S/C10H11BrO3/c11-4-5-12-8-2-1-3-9-10(8)14-7-6-13-9/h1-3H,4-7H2. The van der Waals surface area contributed by atoms with Gasteiger partial charge in [0.05, 0.1) is 6.61 Å². The zero-order chi connectivity index (χ0) is 9.80. The lowest BCUT2D eigenvalue weighted by Crippen LogP contribution is -2.16. The van der Waals surface area contributed by atoms with Gasteiger partial charge in [-0.3, -0.25) is 0 Å². The minimum Gasteiger partial charge on any atom is -0.489 e. The first-order valence-corrected chi connectivity index (χ1v) is 5.61. The molecule has 0 fully saturated rings. The summed E-state index contributed by atoms with van der Waals surface area (Å²) in [5.74, 6) is 2.24. The van der Waals surface area contributed by atoms with Crippen LogP contribution in [0.3, 0.4) is 0 Å². The summed E-state index contributed by atoms with van der Waals surface area (Å²) in [6.45, 7) is 1.82. The van der Waals surface area contributed by atoms with Crippen LogP contribution in [0.5, 0.6) is 17.2 Å². The van der Waals surface area contributed by atoms with Gasteiger partial charge >= 0.3 is 0 Å². The van der Waals surface area contributed by atoms with E-state index in [1.165, 1.54) is 0 Å². The molecular weight excluding hydrogens is 248 g/mol. The molecular formula is C10H11BrO3. The molecule has 0 N–H and O–H groups in total. The minimum absolute atomic E-state index is 0.585. The molecule has 1 heterocycles. The fraction of sp³-hybridized carbons (Fsp3) is 0.400. The van der Waals surface area contributed by atoms with Crippen LogP contribution in [0.4, 0.5) is 0 Å². The van der Waals surface area contributed by atoms with E-state index in [-0.39, 0.29) is 0 Å². The molecule has 0 amide bonds. The van der Waals surface area contributed by atoms with Gasteiger partial charge in [-0.05, 0) is 12.1 Å². The Balaban J connectivity index is 2.21. The summed E-state index contributed by atoms with van der Waals surface area (Å²) in [5, 5.41) is 0.803. The number of halogens is 1. The van der Waals surface area contributed by atoms with Crippen molar-refractivity contribution in [3.8, 4) is 17.2 Å². The number of alkyl halides is 1. The zero-order valence-electron chi connectivity index (χ0n) is 7.66. The van der Waals surface area contributed by atoms with Gasteiger partial charge in [0.2, 0.25) is 5.75 Å². The van der Waals surface area contributed by atoms with Gasteiger partial charge in [-0.1, -0.05) is 22.0 Å². The van der Waals surface area contributed by atoms with E-state index in [1.54, 1.807) is 0 Å². The first-order chi connectivity index (χ1) is 6.92. The van der Waals surface area contributed by atoms with Gasteiger partial charge < -0.3 is 14.2 Å². The number of hydrogen-bond acceptors (Lipinski definition) is 3. The molecule has 0 bridgehead atoms. The molecule has 2 rings (SSSR count). The maximum atomic E-state index is 5.50. The summed E-state index contributed by atoms with van der Waals surface area (Å²) in [4.78, 5) is 0. The van der Waals surface area contributed by atoms with Crippen molar-refractivity contribution >= 4 is 15.9 Å². The van der Waals surface area contributed by atoms with Gasteiger partial charge in [0.1, 0.15) is 13.2 Å². The third kappa shape index (κ3) is 1.95. The Hall–Kier alpha value is -0.900. The van der Waals surface area contributed by atoms with Crippen molar-refractivity contribution in [2.24, 2.45) is 0 Å². The number of ether oxygens (including phenoxy) is 3. The Bertz CT molecular complexity index is 314. The molecule has 1 aromatic carbocycles. The number of para-hydroxylation sites is 1. The fourth-order valence-electron chi connectivity index (χ4n) is 1.31. The average molecular weight is 259 g/mol. The smallest absolute Gasteiger partial charge is 0.203 e. The van der Waals surface area contributed by atoms with Crippen LogP contribution in [0.2, 0.25) is 0 Å². The molecule has 76 valence electrons. The summed E-state index contributed by atoms with van der Waals surface area (Å²) >= 11 is 3.31. The Morgan fingerprint density at radius 1 is 1.29 bits per heavy atom. The third-order valence-corrected chi connectivity index (χ3v) is 2.19. The molecule has 0 unspecified atom stereocenters. The van der Waals surface area contributed by atoms with Crippen LogP contribution in [-0.4, -0.2) is 25.2 Å². The predicted octanol–water partition coefficient (Wildman–Crippen LogP) is 2.23. The Morgan fingerprint density at radius 3 is 3.00 bits per heavy atom. The van der Waals surface area contributed by atoms with E-state index in [2.05, 4.69) is 15.9 Å². The van der Waals surface area contributed by atoms with Crippen LogP contribution in [-0.2, 0) is 0 Å². The van der Waals surface area contributed by atoms with Crippen LogP contribution in [0, 0.1) is 0 Å². The topological polar surface area (TPSA) is 27.7 Å². The lowest BCUT2D eigenvalue weighted by atomic mass is 10.3. The van der Waals surface area contributed by atoms with E-state index in [9.17, 15) is 0 Å². The largest absolute Gasteiger partial charge is 0.489 e. The molecule has 0 aromatic heterocycles. The zero-order valence-corrected chi connectivity index (χ0v) is 9.25. The summed E-state index contributed by atoms with van der Waals surface area (Å²) in [6, 6.07) is 5.67. The van der Waals surface area contributed by atoms with Crippen molar-refractivity contribution < 1.29 is 14.2 Å². The second kappa shape index (κ2) is 4.55. The van der Waals surface area contributed by atoms with Crippen LogP contribution in [0.15, 0.2) is 18.2 Å². The fourth-order valence-corrected chi connectivity index (χ4v) is 1.47. The molecule has 0 saturated heterocycles. The van der Waals surface area contributed by atoms with E-state index in [0.29, 0.717) is 19.8 Å². The minimum atomic E-state index is 0.585. The molecule has 0 saturated carbocycles. The quantitative estimate of drug-likeness (QED) is 0.779. The molecule has 0 radical (unpaired) electrons. The highest BCUT2D eigenvalue weighted by molar-refractivity contribution is 9.09. The Morgan fingerprint density at radius 2 is 2.14 bits per heavy atom. The monoisotopic (exact) mass is 258 g/mol. The Kier molecular flexibility index (Phi) is 3.14. The molecule has 3 nitrogen and oxygen atoms in total. The first kappa shape index (κ1) is 9.65. The van der Waals surface area contributed by atoms with Gasteiger partial charge in [0, 0.05) is 5.33 Å². The average Bonchev–Trinajstić information content (AvgIpc) is 2.26. The summed E-state index contributed by atoms with van der Waals surface area (Å²) < 4.78 is 16.4. The van der Waals surface area contributed by atoms with Crippen molar-refractivity contribution in [1.82, 2.24) is 0 Å². The second-order valence-electron chi connectivity index (χ2n) is 2.82. The van der Waals surface area contributed by atoms with E-state index >= 15 is 0 Å². The van der Waals surface area contributed by atoms with Gasteiger partial charge in [-0.15, -0.1) is 0 Å². The van der Waals surface area contributed by atoms with Crippen molar-refractivity contribution in [1.29, 1.82) is 0 Å². The molecule has 14 heavy (non-hydrogen) atoms. The number of benzene rings is 1. The Labute approximate surface area is 91.1 Å². The molecule has 0 aliphatic carbocycles. The van der Waals surface area contributed by atoms with Gasteiger partial charge in [0.25, 0.3) is 0 Å². The SMILES string of the molecule is BrCCOc1cccc2c1OCCO2. The van der Waals surface area contributed by atoms with Crippen LogP contribution >= 0.6 is 15.9 Å². The van der Waals surface area contributed by atoms with E-state index in [1.807, 2.05) is 18.2 Å². The lowest BCUT2D eigenvalue weighted by molar-refractivity contribution is 0.163. The highest BCUT2D eigenvalue weighted by Gasteiger charge is 2.16. The van der Waals surface area contributed by atoms with E-state index < -0.39 is 0 Å². The lowest BCUT2D eigenvalue weighted by Gasteiger charge is -2.20. The molecule has 0 atom stereocenters. The molecule has 4 heteroatoms. The van der Waals surface area contributed by atoms with Crippen LogP contribution in [0.1, 0.15) is 0 Å². The number of fused-ring (bicyclic) bond motifs is 1. The normalized spacial score (nSPS) is 13.8. The van der Waals surface area contributed by atoms with Gasteiger partial charge in [-0.2, -0.15) is 0 Å². The van der Waals surface area contributed by atoms with Crippen molar-refractivity contribution in [2.45, 2.75) is 0 Å². The van der Waals surface area contributed by atoms with Crippen LogP contribution < -0.4 is 14.2 Å². The molecule has 0 spiro atoms. The van der Waals surface area contributed by atoms with E-state index in [0.717, 1.165) is 22.6 Å². The summed E-state index contributed by atoms with van der Waals surface area (Å²) in [7, 11) is 0. The number of hydrogen-bond donors (Lipinski definition) is 0. The van der Waals surface area contributed by atoms with Crippen LogP contribution in [0.25, 0.3) is 0 Å². The van der Waals surface area contributed by atoms with Gasteiger partial charge in [-0.25, -0.2) is 0 Å². The maximum absolute atomic E-state index is 5.50. The molecule has 1 aromatic rings. The van der Waals surface area contributed by atoms with Crippen molar-refractivity contribution in [2.75, 3.05) is 25.2 Å². The highest BCUT2D eigenvalue weighted by atomic mass is 79.9. The summed E-state index contributed by atoms with van der Waals surface area (Å²) in [6.07, 6.45) is 0. The molecule has 1 aliphatic heterocycles. The predicted molar refractivity (Wildman–Crippen MR) is 56.7 cm³/mol. The van der Waals surface area contributed by atoms with Crippen molar-refractivity contribution in [3.63, 3.8) is 0 Å². The second-order valence-corrected chi connectivity index (χ2v) is 3.61. The van der Waals surface area contributed by atoms with Crippen molar-refractivity contribution in [3.05, 3.63) is 18.2 Å². The first-order valence-electron chi connectivity index (χ1n) is 4.49. The molecule has 1 aliphatic rings. The van der Waals surface area contributed by atoms with E-state index in [4.69, 9.17) is 14.2 Å². The third-order valence-electron chi connectivity index (χ3n) is 1.86. The van der Waals surface area contributed by atoms with Gasteiger partial charge in [0.15, 0.2) is 11.5 Å². The number of rotatable bonds is 3. The highest BCUT2D eigenvalue weighted by Crippen LogP contribution is 2.38.